The summed E-state index contributed by atoms with van der Waals surface area (Å²) in [6.07, 6.45) is 0. The molecule has 0 aliphatic carbocycles. The lowest BCUT2D eigenvalue weighted by Crippen LogP contribution is -2.41. The van der Waals surface area contributed by atoms with Crippen LogP contribution in [0.3, 0.4) is 0 Å². The van der Waals surface area contributed by atoms with E-state index < -0.39 is 15.3 Å². The zero-order chi connectivity index (χ0) is 13.1. The van der Waals surface area contributed by atoms with Gasteiger partial charge < -0.3 is 5.73 Å². The van der Waals surface area contributed by atoms with Gasteiger partial charge in [-0.25, -0.2) is 8.42 Å². The fourth-order valence-electron chi connectivity index (χ4n) is 1.67. The van der Waals surface area contributed by atoms with Crippen LogP contribution in [0, 0.1) is 6.92 Å². The van der Waals surface area contributed by atoms with Crippen molar-refractivity contribution in [1.82, 2.24) is 0 Å². The van der Waals surface area contributed by atoms with Gasteiger partial charge in [-0.2, -0.15) is 0 Å². The van der Waals surface area contributed by atoms with Crippen molar-refractivity contribution in [3.05, 3.63) is 29.8 Å². The summed E-state index contributed by atoms with van der Waals surface area (Å²) in [5, 5.41) is -0.568. The van der Waals surface area contributed by atoms with E-state index in [2.05, 4.69) is 0 Å². The van der Waals surface area contributed by atoms with E-state index in [9.17, 15) is 8.42 Å². The Hall–Kier alpha value is -1.07. The first-order valence-corrected chi connectivity index (χ1v) is 7.22. The highest BCUT2D eigenvalue weighted by Crippen LogP contribution is 2.23. The number of nitrogens with two attached hydrogens (primary N) is 1. The molecule has 0 aliphatic rings. The summed E-state index contributed by atoms with van der Waals surface area (Å²) in [5.74, 6) is 0. The van der Waals surface area contributed by atoms with Gasteiger partial charge in [0.1, 0.15) is 0 Å². The first-order chi connectivity index (χ1) is 7.95. The van der Waals surface area contributed by atoms with Crippen molar-refractivity contribution in [3.63, 3.8) is 0 Å². The van der Waals surface area contributed by atoms with Crippen LogP contribution in [0.15, 0.2) is 24.3 Å². The Bertz CT molecular complexity index is 471. The second-order valence-electron chi connectivity index (χ2n) is 4.04. The molecule has 0 saturated heterocycles. The molecule has 5 heteroatoms. The molecule has 96 valence electrons. The molecule has 2 N–H and O–H groups in total. The Morgan fingerprint density at radius 1 is 1.35 bits per heavy atom. The number of nitrogens with zero attached hydrogens (tertiary/aromatic N) is 1. The molecule has 1 aromatic rings. The Morgan fingerprint density at radius 3 is 2.41 bits per heavy atom. The first-order valence-electron chi connectivity index (χ1n) is 5.72. The molecule has 1 rings (SSSR count). The largest absolute Gasteiger partial charge is 0.329 e. The summed E-state index contributed by atoms with van der Waals surface area (Å²) in [5.41, 5.74) is 7.14. The highest BCUT2D eigenvalue weighted by Gasteiger charge is 2.27. The highest BCUT2D eigenvalue weighted by atomic mass is 32.2. The summed E-state index contributed by atoms with van der Waals surface area (Å²) in [6, 6.07) is 7.46. The van der Waals surface area contributed by atoms with Crippen molar-refractivity contribution >= 4 is 15.7 Å². The molecule has 0 aromatic heterocycles. The summed E-state index contributed by atoms with van der Waals surface area (Å²) in [4.78, 5) is 0. The molecular weight excluding hydrogens is 236 g/mol. The van der Waals surface area contributed by atoms with E-state index in [4.69, 9.17) is 5.73 Å². The van der Waals surface area contributed by atoms with E-state index in [1.807, 2.05) is 38.1 Å². The molecule has 0 amide bonds. The van der Waals surface area contributed by atoms with Gasteiger partial charge in [0.25, 0.3) is 0 Å². The summed E-state index contributed by atoms with van der Waals surface area (Å²) in [6.45, 7) is 5.91. The molecule has 0 saturated carbocycles. The lowest BCUT2D eigenvalue weighted by Gasteiger charge is -2.27. The first kappa shape index (κ1) is 14.0. The third-order valence-electron chi connectivity index (χ3n) is 2.82. The number of hydrogen-bond acceptors (Lipinski definition) is 3. The predicted molar refractivity (Wildman–Crippen MR) is 71.6 cm³/mol. The van der Waals surface area contributed by atoms with E-state index in [1.54, 1.807) is 6.92 Å². The monoisotopic (exact) mass is 256 g/mol. The maximum absolute atomic E-state index is 12.3. The fraction of sp³-hybridized carbons (Fsp3) is 0.500. The van der Waals surface area contributed by atoms with E-state index in [0.717, 1.165) is 11.3 Å². The van der Waals surface area contributed by atoms with Gasteiger partial charge in [0.15, 0.2) is 0 Å². The van der Waals surface area contributed by atoms with Crippen molar-refractivity contribution < 1.29 is 8.42 Å². The third-order valence-corrected chi connectivity index (χ3v) is 5.10. The maximum atomic E-state index is 12.3. The highest BCUT2D eigenvalue weighted by molar-refractivity contribution is 7.93. The molecule has 17 heavy (non-hydrogen) atoms. The standard InChI is InChI=1S/C12H20N2O2S/c1-4-14(17(15,16)11(3)9-13)12-8-6-5-7-10(12)2/h5-8,11H,4,9,13H2,1-3H3. The normalized spacial score (nSPS) is 13.4. The van der Waals surface area contributed by atoms with Gasteiger partial charge in [-0.05, 0) is 32.4 Å². The van der Waals surface area contributed by atoms with Gasteiger partial charge in [-0.3, -0.25) is 4.31 Å². The average Bonchev–Trinajstić information content (AvgIpc) is 2.31. The second kappa shape index (κ2) is 5.51. The van der Waals surface area contributed by atoms with E-state index in [0.29, 0.717) is 6.54 Å². The molecular formula is C12H20N2O2S. The average molecular weight is 256 g/mol. The zero-order valence-corrected chi connectivity index (χ0v) is 11.4. The minimum atomic E-state index is -3.37. The van der Waals surface area contributed by atoms with Gasteiger partial charge in [-0.15, -0.1) is 0 Å². The Labute approximate surface area is 103 Å². The molecule has 1 unspecified atom stereocenters. The van der Waals surface area contributed by atoms with Crippen molar-refractivity contribution in [1.29, 1.82) is 0 Å². The molecule has 0 radical (unpaired) electrons. The van der Waals surface area contributed by atoms with Crippen molar-refractivity contribution in [2.75, 3.05) is 17.4 Å². The fourth-order valence-corrected chi connectivity index (χ4v) is 3.19. The molecule has 0 heterocycles. The molecule has 0 spiro atoms. The summed E-state index contributed by atoms with van der Waals surface area (Å²) in [7, 11) is -3.37. The van der Waals surface area contributed by atoms with Crippen LogP contribution < -0.4 is 10.0 Å². The lowest BCUT2D eigenvalue weighted by atomic mass is 10.2. The quantitative estimate of drug-likeness (QED) is 0.868. The van der Waals surface area contributed by atoms with E-state index in [-0.39, 0.29) is 6.54 Å². The number of para-hydroxylation sites is 1. The predicted octanol–water partition coefficient (Wildman–Crippen LogP) is 1.50. The third kappa shape index (κ3) is 2.79. The Morgan fingerprint density at radius 2 is 1.94 bits per heavy atom. The minimum Gasteiger partial charge on any atom is -0.329 e. The van der Waals surface area contributed by atoms with Crippen LogP contribution in [-0.2, 0) is 10.0 Å². The molecule has 1 aromatic carbocycles. The smallest absolute Gasteiger partial charge is 0.239 e. The van der Waals surface area contributed by atoms with E-state index >= 15 is 0 Å². The molecule has 0 bridgehead atoms. The summed E-state index contributed by atoms with van der Waals surface area (Å²) < 4.78 is 26.0. The lowest BCUT2D eigenvalue weighted by molar-refractivity contribution is 0.579. The summed E-state index contributed by atoms with van der Waals surface area (Å²) >= 11 is 0. The molecule has 0 aliphatic heterocycles. The van der Waals surface area contributed by atoms with E-state index in [1.165, 1.54) is 4.31 Å². The van der Waals surface area contributed by atoms with Gasteiger partial charge in [-0.1, -0.05) is 18.2 Å². The van der Waals surface area contributed by atoms with Crippen molar-refractivity contribution in [2.45, 2.75) is 26.0 Å². The number of benzene rings is 1. The Balaban J connectivity index is 3.22. The van der Waals surface area contributed by atoms with Crippen molar-refractivity contribution in [3.8, 4) is 0 Å². The van der Waals surface area contributed by atoms with Crippen LogP contribution >= 0.6 is 0 Å². The number of rotatable bonds is 5. The van der Waals surface area contributed by atoms with Crippen LogP contribution in [0.25, 0.3) is 0 Å². The van der Waals surface area contributed by atoms with Crippen LogP contribution in [0.5, 0.6) is 0 Å². The SMILES string of the molecule is CCN(c1ccccc1C)S(=O)(=O)C(C)CN. The maximum Gasteiger partial charge on any atom is 0.239 e. The number of hydrogen-bond donors (Lipinski definition) is 1. The van der Waals surface area contributed by atoms with Gasteiger partial charge in [0, 0.05) is 13.1 Å². The van der Waals surface area contributed by atoms with Crippen LogP contribution in [-0.4, -0.2) is 26.8 Å². The van der Waals surface area contributed by atoms with Gasteiger partial charge >= 0.3 is 0 Å². The van der Waals surface area contributed by atoms with Crippen LogP contribution in [0.4, 0.5) is 5.69 Å². The van der Waals surface area contributed by atoms with Gasteiger partial charge in [0.2, 0.25) is 10.0 Å². The van der Waals surface area contributed by atoms with Crippen LogP contribution in [0.1, 0.15) is 19.4 Å². The Kier molecular flexibility index (Phi) is 4.54. The number of aryl methyl sites for hydroxylation is 1. The topological polar surface area (TPSA) is 63.4 Å². The number of anilines is 1. The molecule has 1 atom stereocenters. The van der Waals surface area contributed by atoms with Crippen LogP contribution in [0.2, 0.25) is 0 Å². The second-order valence-corrected chi connectivity index (χ2v) is 6.32. The zero-order valence-electron chi connectivity index (χ0n) is 10.6. The molecule has 0 fully saturated rings. The van der Waals surface area contributed by atoms with Gasteiger partial charge in [0.05, 0.1) is 10.9 Å². The van der Waals surface area contributed by atoms with Crippen molar-refractivity contribution in [2.24, 2.45) is 5.73 Å². The number of sulfonamides is 1. The molecule has 4 nitrogen and oxygen atoms in total. The minimum absolute atomic E-state index is 0.130.